The zero-order valence-corrected chi connectivity index (χ0v) is 26.1. The highest BCUT2D eigenvalue weighted by atomic mass is 32.3. The van der Waals surface area contributed by atoms with Gasteiger partial charge in [0.05, 0.1) is 4.90 Å². The molecule has 0 aliphatic carbocycles. The van der Waals surface area contributed by atoms with Crippen LogP contribution in [0.2, 0.25) is 0 Å². The number of nitrogens with zero attached hydrogens (tertiary/aromatic N) is 1. The van der Waals surface area contributed by atoms with Crippen molar-refractivity contribution in [2.75, 3.05) is 6.54 Å². The second-order valence-electron chi connectivity index (χ2n) is 11.5. The lowest BCUT2D eigenvalue weighted by Gasteiger charge is -2.46. The van der Waals surface area contributed by atoms with Crippen molar-refractivity contribution < 1.29 is 13.2 Å². The molecule has 5 aromatic rings. The SMILES string of the molecule is NNC(=O)[C@@H]1C[C@@H](S(Cc2ccccc2)(Cc2ccccc2)Cc2ccccc2)CN1S(=O)(=O)c1ccc2ccccc2c1. The molecule has 2 atom stereocenters. The molecule has 1 aliphatic rings. The maximum absolute atomic E-state index is 14.4. The van der Waals surface area contributed by atoms with Crippen molar-refractivity contribution in [3.05, 3.63) is 150 Å². The number of nitrogens with two attached hydrogens (primary N) is 1. The molecule has 1 aliphatic heterocycles. The second kappa shape index (κ2) is 13.0. The molecule has 6 rings (SSSR count). The average Bonchev–Trinajstić information content (AvgIpc) is 3.53. The van der Waals surface area contributed by atoms with Crippen LogP contribution in [0.5, 0.6) is 0 Å². The third-order valence-corrected chi connectivity index (χ3v) is 14.9. The molecule has 0 bridgehead atoms. The topological polar surface area (TPSA) is 92.5 Å². The Morgan fingerprint density at radius 1 is 0.682 bits per heavy atom. The van der Waals surface area contributed by atoms with E-state index in [0.29, 0.717) is 6.42 Å². The molecule has 8 heteroatoms. The van der Waals surface area contributed by atoms with Gasteiger partial charge in [-0.2, -0.15) is 4.31 Å². The van der Waals surface area contributed by atoms with Gasteiger partial charge < -0.3 is 0 Å². The lowest BCUT2D eigenvalue weighted by molar-refractivity contribution is -0.124. The molecule has 5 aromatic carbocycles. The van der Waals surface area contributed by atoms with Crippen LogP contribution in [-0.4, -0.2) is 36.5 Å². The number of carbonyl (C=O) groups excluding carboxylic acids is 1. The van der Waals surface area contributed by atoms with Gasteiger partial charge in [0.1, 0.15) is 6.04 Å². The largest absolute Gasteiger partial charge is 0.293 e. The predicted octanol–water partition coefficient (Wildman–Crippen LogP) is 6.37. The standard InChI is InChI=1S/C36H37N3O3S2/c37-38-36(40)35-23-34(24-39(35)44(41,42)33-21-20-31-18-10-11-19-32(31)22-33)43(25-28-12-4-1-5-13-28,26-29-14-6-2-7-15-29)27-30-16-8-3-9-17-30/h1-22,34-35H,23-27,37H2,(H,38,40)/t34-,35+/m1/s1. The van der Waals surface area contributed by atoms with E-state index < -0.39 is 32.0 Å². The van der Waals surface area contributed by atoms with Crippen LogP contribution < -0.4 is 11.3 Å². The fraction of sp³-hybridized carbons (Fsp3) is 0.194. The highest BCUT2D eigenvalue weighted by Crippen LogP contribution is 2.63. The highest BCUT2D eigenvalue weighted by Gasteiger charge is 2.49. The Bertz CT molecular complexity index is 1730. The van der Waals surface area contributed by atoms with E-state index in [9.17, 15) is 13.2 Å². The van der Waals surface area contributed by atoms with Crippen molar-refractivity contribution in [1.82, 2.24) is 9.73 Å². The van der Waals surface area contributed by atoms with Crippen LogP contribution in [0, 0.1) is 0 Å². The highest BCUT2D eigenvalue weighted by molar-refractivity contribution is 8.32. The van der Waals surface area contributed by atoms with Gasteiger partial charge in [-0.3, -0.25) is 10.2 Å². The van der Waals surface area contributed by atoms with E-state index >= 15 is 0 Å². The predicted molar refractivity (Wildman–Crippen MR) is 180 cm³/mol. The van der Waals surface area contributed by atoms with Crippen LogP contribution >= 0.6 is 10.0 Å². The van der Waals surface area contributed by atoms with Crippen molar-refractivity contribution >= 4 is 36.7 Å². The fourth-order valence-corrected chi connectivity index (χ4v) is 12.8. The maximum Gasteiger partial charge on any atom is 0.252 e. The fourth-order valence-electron chi connectivity index (χ4n) is 6.42. The quantitative estimate of drug-likeness (QED) is 0.108. The maximum atomic E-state index is 14.4. The number of nitrogens with one attached hydrogen (secondary N) is 1. The van der Waals surface area contributed by atoms with Crippen LogP contribution in [0.15, 0.2) is 138 Å². The number of hydrogen-bond acceptors (Lipinski definition) is 4. The van der Waals surface area contributed by atoms with E-state index in [2.05, 4.69) is 78.2 Å². The first-order chi connectivity index (χ1) is 21.4. The van der Waals surface area contributed by atoms with E-state index in [4.69, 9.17) is 5.84 Å². The van der Waals surface area contributed by atoms with Crippen molar-refractivity contribution in [2.24, 2.45) is 5.84 Å². The normalized spacial score (nSPS) is 17.8. The Morgan fingerprint density at radius 2 is 1.16 bits per heavy atom. The third-order valence-electron chi connectivity index (χ3n) is 8.59. The first-order valence-corrected chi connectivity index (χ1v) is 18.4. The summed E-state index contributed by atoms with van der Waals surface area (Å²) in [5.41, 5.74) is 5.91. The molecular weight excluding hydrogens is 587 g/mol. The Hall–Kier alpha value is -3.95. The second-order valence-corrected chi connectivity index (χ2v) is 17.1. The minimum atomic E-state index is -4.02. The van der Waals surface area contributed by atoms with Crippen LogP contribution in [0.25, 0.3) is 10.8 Å². The summed E-state index contributed by atoms with van der Waals surface area (Å²) in [5, 5.41) is 1.74. The lowest BCUT2D eigenvalue weighted by Crippen LogP contribution is -2.47. The lowest BCUT2D eigenvalue weighted by atomic mass is 10.1. The summed E-state index contributed by atoms with van der Waals surface area (Å²) < 4.78 is 30.2. The number of benzene rings is 5. The summed E-state index contributed by atoms with van der Waals surface area (Å²) in [6.07, 6.45) is 0.400. The van der Waals surface area contributed by atoms with Crippen LogP contribution in [0.1, 0.15) is 23.1 Å². The Balaban J connectivity index is 1.46. The van der Waals surface area contributed by atoms with E-state index in [1.807, 2.05) is 48.5 Å². The smallest absolute Gasteiger partial charge is 0.252 e. The van der Waals surface area contributed by atoms with Gasteiger partial charge in [-0.25, -0.2) is 24.3 Å². The van der Waals surface area contributed by atoms with Crippen LogP contribution in [0.3, 0.4) is 0 Å². The van der Waals surface area contributed by atoms with Gasteiger partial charge in [0.15, 0.2) is 0 Å². The number of hydrazine groups is 1. The van der Waals surface area contributed by atoms with Gasteiger partial charge in [-0.1, -0.05) is 121 Å². The molecule has 3 N–H and O–H groups in total. The molecule has 0 unspecified atom stereocenters. The summed E-state index contributed by atoms with van der Waals surface area (Å²) in [4.78, 5) is 13.5. The van der Waals surface area contributed by atoms with Crippen molar-refractivity contribution in [1.29, 1.82) is 0 Å². The minimum absolute atomic E-state index is 0.0550. The molecule has 6 nitrogen and oxygen atoms in total. The van der Waals surface area contributed by atoms with Gasteiger partial charge in [0, 0.05) is 29.1 Å². The number of hydrogen-bond donors (Lipinski definition) is 2. The minimum Gasteiger partial charge on any atom is -0.293 e. The number of rotatable bonds is 10. The average molecular weight is 624 g/mol. The molecule has 1 fully saturated rings. The van der Waals surface area contributed by atoms with Crippen LogP contribution in [-0.2, 0) is 32.1 Å². The first kappa shape index (κ1) is 30.1. The van der Waals surface area contributed by atoms with Crippen LogP contribution in [0.4, 0.5) is 0 Å². The van der Waals surface area contributed by atoms with Crippen molar-refractivity contribution in [3.8, 4) is 0 Å². The molecule has 0 saturated carbocycles. The molecule has 1 heterocycles. The molecule has 0 aromatic heterocycles. The van der Waals surface area contributed by atoms with Gasteiger partial charge in [-0.05, 0) is 46.0 Å². The summed E-state index contributed by atoms with van der Waals surface area (Å²) in [7, 11) is -5.66. The van der Waals surface area contributed by atoms with E-state index in [0.717, 1.165) is 28.0 Å². The van der Waals surface area contributed by atoms with E-state index in [1.165, 1.54) is 21.0 Å². The molecule has 44 heavy (non-hydrogen) atoms. The van der Waals surface area contributed by atoms with Gasteiger partial charge in [0.25, 0.3) is 5.91 Å². The molecule has 0 spiro atoms. The van der Waals surface area contributed by atoms with E-state index in [1.54, 1.807) is 12.1 Å². The Labute approximate surface area is 261 Å². The zero-order chi connectivity index (χ0) is 30.6. The number of sulfonamides is 1. The summed E-state index contributed by atoms with van der Waals surface area (Å²) in [5.74, 6) is 7.63. The molecule has 1 amide bonds. The first-order valence-electron chi connectivity index (χ1n) is 14.8. The number of amides is 1. The van der Waals surface area contributed by atoms with Gasteiger partial charge in [0.2, 0.25) is 10.0 Å². The molecule has 1 saturated heterocycles. The van der Waals surface area contributed by atoms with Gasteiger partial charge in [-0.15, -0.1) is 0 Å². The number of carbonyl (C=O) groups is 1. The Morgan fingerprint density at radius 3 is 1.66 bits per heavy atom. The van der Waals surface area contributed by atoms with Crippen molar-refractivity contribution in [3.63, 3.8) is 0 Å². The third kappa shape index (κ3) is 6.30. The zero-order valence-electron chi connectivity index (χ0n) is 24.5. The summed E-state index contributed by atoms with van der Waals surface area (Å²) >= 11 is 0. The summed E-state index contributed by atoms with van der Waals surface area (Å²) in [6, 6.07) is 43.2. The summed E-state index contributed by atoms with van der Waals surface area (Å²) in [6.45, 7) is 0.245. The van der Waals surface area contributed by atoms with E-state index in [-0.39, 0.29) is 16.7 Å². The molecule has 0 radical (unpaired) electrons. The molecule has 226 valence electrons. The number of fused-ring (bicyclic) bond motifs is 1. The molecular formula is C36H37N3O3S2. The van der Waals surface area contributed by atoms with Gasteiger partial charge >= 0.3 is 0 Å². The monoisotopic (exact) mass is 623 g/mol. The van der Waals surface area contributed by atoms with Crippen molar-refractivity contribution in [2.45, 2.75) is 39.9 Å². The Kier molecular flexibility index (Phi) is 8.86.